The highest BCUT2D eigenvalue weighted by Gasteiger charge is 1.98. The minimum absolute atomic E-state index is 0.00736. The highest BCUT2D eigenvalue weighted by molar-refractivity contribution is 6.31. The SMILES string of the molecule is C#Cc1nc(Cl)nc(Cl)n1.c1ccccc1. The van der Waals surface area contributed by atoms with Gasteiger partial charge in [-0.05, 0) is 29.1 Å². The fourth-order valence-electron chi connectivity index (χ4n) is 0.775. The third-order valence-electron chi connectivity index (χ3n) is 1.38. The minimum Gasteiger partial charge on any atom is -0.190 e. The van der Waals surface area contributed by atoms with Crippen LogP contribution in [0.15, 0.2) is 36.4 Å². The Morgan fingerprint density at radius 3 is 1.50 bits per heavy atom. The van der Waals surface area contributed by atoms with E-state index in [2.05, 4.69) is 20.9 Å². The lowest BCUT2D eigenvalue weighted by Crippen LogP contribution is -1.92. The molecule has 1 heterocycles. The van der Waals surface area contributed by atoms with Gasteiger partial charge in [0.15, 0.2) is 0 Å². The van der Waals surface area contributed by atoms with E-state index in [1.54, 1.807) is 0 Å². The Hall–Kier alpha value is -1.63. The molecule has 2 aromatic rings. The lowest BCUT2D eigenvalue weighted by atomic mass is 10.4. The van der Waals surface area contributed by atoms with Crippen LogP contribution < -0.4 is 0 Å². The van der Waals surface area contributed by atoms with Crippen LogP contribution in [0.5, 0.6) is 0 Å². The molecule has 0 bridgehead atoms. The fraction of sp³-hybridized carbons (Fsp3) is 0. The second kappa shape index (κ2) is 6.78. The van der Waals surface area contributed by atoms with Crippen LogP contribution in [-0.2, 0) is 0 Å². The van der Waals surface area contributed by atoms with Gasteiger partial charge in [-0.3, -0.25) is 0 Å². The maximum absolute atomic E-state index is 5.39. The zero-order valence-corrected chi connectivity index (χ0v) is 9.65. The average molecular weight is 252 g/mol. The monoisotopic (exact) mass is 251 g/mol. The average Bonchev–Trinajstić information content (AvgIpc) is 2.31. The van der Waals surface area contributed by atoms with E-state index in [1.165, 1.54) is 0 Å². The Bertz CT molecular complexity index is 433. The number of rotatable bonds is 0. The van der Waals surface area contributed by atoms with Crippen molar-refractivity contribution in [2.24, 2.45) is 0 Å². The summed E-state index contributed by atoms with van der Waals surface area (Å²) in [5, 5.41) is 0.0147. The minimum atomic E-state index is 0.00736. The number of hydrogen-bond donors (Lipinski definition) is 0. The van der Waals surface area contributed by atoms with Crippen LogP contribution in [0.4, 0.5) is 0 Å². The summed E-state index contributed by atoms with van der Waals surface area (Å²) in [5.41, 5.74) is 0. The lowest BCUT2D eigenvalue weighted by molar-refractivity contribution is 1.02. The summed E-state index contributed by atoms with van der Waals surface area (Å²) in [5.74, 6) is 2.32. The van der Waals surface area contributed by atoms with E-state index in [9.17, 15) is 0 Å². The second-order valence-electron chi connectivity index (χ2n) is 2.50. The van der Waals surface area contributed by atoms with Crippen molar-refractivity contribution in [1.29, 1.82) is 0 Å². The summed E-state index contributed by atoms with van der Waals surface area (Å²) < 4.78 is 0. The number of terminal acetylenes is 1. The molecular formula is C11H7Cl2N3. The van der Waals surface area contributed by atoms with Gasteiger partial charge in [-0.1, -0.05) is 36.4 Å². The first kappa shape index (κ1) is 12.4. The zero-order valence-electron chi connectivity index (χ0n) is 8.14. The molecule has 0 saturated heterocycles. The third-order valence-corrected chi connectivity index (χ3v) is 1.71. The van der Waals surface area contributed by atoms with Crippen molar-refractivity contribution < 1.29 is 0 Å². The predicted octanol–water partition coefficient (Wildman–Crippen LogP) is 2.85. The predicted molar refractivity (Wildman–Crippen MR) is 64.2 cm³/mol. The molecule has 0 aliphatic heterocycles. The Labute approximate surface area is 103 Å². The Kier molecular flexibility index (Phi) is 5.27. The molecule has 1 aromatic carbocycles. The first-order chi connectivity index (χ1) is 7.72. The molecule has 0 N–H and O–H groups in total. The van der Waals surface area contributed by atoms with Crippen LogP contribution >= 0.6 is 23.2 Å². The molecule has 0 aliphatic rings. The maximum Gasteiger partial charge on any atom is 0.227 e. The summed E-state index contributed by atoms with van der Waals surface area (Å²) >= 11 is 10.8. The third kappa shape index (κ3) is 4.74. The standard InChI is InChI=1S/C6H6.C5HCl2N3/c1-2-4-6-5-3-1;1-2-3-8-4(6)10-5(7)9-3/h1-6H;1H. The molecule has 5 heteroatoms. The topological polar surface area (TPSA) is 38.7 Å². The van der Waals surface area contributed by atoms with Gasteiger partial charge in [0.2, 0.25) is 16.4 Å². The Balaban J connectivity index is 0.000000181. The van der Waals surface area contributed by atoms with Crippen molar-refractivity contribution in [2.75, 3.05) is 0 Å². The van der Waals surface area contributed by atoms with Gasteiger partial charge < -0.3 is 0 Å². The summed E-state index contributed by atoms with van der Waals surface area (Å²) in [6, 6.07) is 12.0. The van der Waals surface area contributed by atoms with E-state index in [1.807, 2.05) is 36.4 Å². The molecule has 0 amide bonds. The highest BCUT2D eigenvalue weighted by atomic mass is 35.5. The van der Waals surface area contributed by atoms with E-state index in [0.29, 0.717) is 0 Å². The smallest absolute Gasteiger partial charge is 0.190 e. The van der Waals surface area contributed by atoms with E-state index >= 15 is 0 Å². The molecule has 0 radical (unpaired) electrons. The van der Waals surface area contributed by atoms with Gasteiger partial charge in [-0.25, -0.2) is 0 Å². The van der Waals surface area contributed by atoms with Crippen LogP contribution in [0, 0.1) is 12.3 Å². The number of nitrogens with zero attached hydrogens (tertiary/aromatic N) is 3. The van der Waals surface area contributed by atoms with E-state index in [0.717, 1.165) is 0 Å². The van der Waals surface area contributed by atoms with Crippen molar-refractivity contribution in [2.45, 2.75) is 0 Å². The number of aromatic nitrogens is 3. The molecule has 80 valence electrons. The van der Waals surface area contributed by atoms with Crippen molar-refractivity contribution in [1.82, 2.24) is 15.0 Å². The second-order valence-corrected chi connectivity index (χ2v) is 3.17. The lowest BCUT2D eigenvalue weighted by Gasteiger charge is -1.90. The summed E-state index contributed by atoms with van der Waals surface area (Å²) in [6.07, 6.45) is 4.97. The molecule has 2 rings (SSSR count). The molecular weight excluding hydrogens is 245 g/mol. The van der Waals surface area contributed by atoms with Crippen molar-refractivity contribution in [3.63, 3.8) is 0 Å². The number of benzene rings is 1. The van der Waals surface area contributed by atoms with Gasteiger partial charge in [0, 0.05) is 0 Å². The van der Waals surface area contributed by atoms with Gasteiger partial charge in [-0.15, -0.1) is 6.42 Å². The summed E-state index contributed by atoms with van der Waals surface area (Å²) in [4.78, 5) is 10.6. The van der Waals surface area contributed by atoms with Crippen LogP contribution in [-0.4, -0.2) is 15.0 Å². The zero-order chi connectivity index (χ0) is 11.8. The molecule has 0 atom stereocenters. The van der Waals surface area contributed by atoms with Gasteiger partial charge in [-0.2, -0.15) is 15.0 Å². The van der Waals surface area contributed by atoms with Crippen molar-refractivity contribution in [3.8, 4) is 12.3 Å². The summed E-state index contributed by atoms with van der Waals surface area (Å²) in [7, 11) is 0. The van der Waals surface area contributed by atoms with Gasteiger partial charge in [0.1, 0.15) is 0 Å². The van der Waals surface area contributed by atoms with Crippen molar-refractivity contribution >= 4 is 23.2 Å². The maximum atomic E-state index is 5.39. The quantitative estimate of drug-likeness (QED) is 0.676. The molecule has 1 aromatic heterocycles. The number of hydrogen-bond acceptors (Lipinski definition) is 3. The normalized spacial score (nSPS) is 8.56. The Morgan fingerprint density at radius 1 is 0.812 bits per heavy atom. The fourth-order valence-corrected chi connectivity index (χ4v) is 1.14. The largest absolute Gasteiger partial charge is 0.227 e. The first-order valence-corrected chi connectivity index (χ1v) is 5.01. The molecule has 0 spiro atoms. The molecule has 0 unspecified atom stereocenters. The van der Waals surface area contributed by atoms with Crippen LogP contribution in [0.2, 0.25) is 10.6 Å². The van der Waals surface area contributed by atoms with E-state index in [-0.39, 0.29) is 16.4 Å². The molecule has 0 saturated carbocycles. The molecule has 0 aliphatic carbocycles. The van der Waals surface area contributed by atoms with Gasteiger partial charge in [0.05, 0.1) is 0 Å². The first-order valence-electron chi connectivity index (χ1n) is 4.26. The van der Waals surface area contributed by atoms with E-state index < -0.39 is 0 Å². The molecule has 0 fully saturated rings. The molecule has 3 nitrogen and oxygen atoms in total. The van der Waals surface area contributed by atoms with Crippen molar-refractivity contribution in [3.05, 3.63) is 52.8 Å². The van der Waals surface area contributed by atoms with Crippen LogP contribution in [0.3, 0.4) is 0 Å². The van der Waals surface area contributed by atoms with Gasteiger partial charge in [0.25, 0.3) is 0 Å². The van der Waals surface area contributed by atoms with E-state index in [4.69, 9.17) is 29.6 Å². The number of halogens is 2. The highest BCUT2D eigenvalue weighted by Crippen LogP contribution is 2.04. The van der Waals surface area contributed by atoms with Crippen LogP contribution in [0.25, 0.3) is 0 Å². The summed E-state index contributed by atoms with van der Waals surface area (Å²) in [6.45, 7) is 0. The van der Waals surface area contributed by atoms with Crippen LogP contribution in [0.1, 0.15) is 5.82 Å². The van der Waals surface area contributed by atoms with Gasteiger partial charge >= 0.3 is 0 Å². The molecule has 16 heavy (non-hydrogen) atoms. The Morgan fingerprint density at radius 2 is 1.19 bits per heavy atom.